The normalized spacial score (nSPS) is 19.8. The molecule has 0 radical (unpaired) electrons. The zero-order valence-electron chi connectivity index (χ0n) is 11.1. The van der Waals surface area contributed by atoms with Crippen LogP contribution in [-0.4, -0.2) is 30.9 Å². The van der Waals surface area contributed by atoms with Gasteiger partial charge in [-0.05, 0) is 30.0 Å². The van der Waals surface area contributed by atoms with Gasteiger partial charge in [0, 0.05) is 18.7 Å². The van der Waals surface area contributed by atoms with Crippen LogP contribution >= 0.6 is 0 Å². The first-order valence-corrected chi connectivity index (χ1v) is 7.60. The number of hydrogen-bond acceptors (Lipinski definition) is 3. The van der Waals surface area contributed by atoms with Crippen LogP contribution in [0.25, 0.3) is 0 Å². The van der Waals surface area contributed by atoms with Crippen LogP contribution < -0.4 is 0 Å². The van der Waals surface area contributed by atoms with Gasteiger partial charge < -0.3 is 5.11 Å². The fraction of sp³-hybridized carbons (Fsp3) is 0.538. The molecule has 2 rings (SSSR count). The Bertz CT molecular complexity index is 584. The molecule has 1 aliphatic heterocycles. The van der Waals surface area contributed by atoms with Gasteiger partial charge in [-0.15, -0.1) is 0 Å². The van der Waals surface area contributed by atoms with E-state index in [1.54, 1.807) is 0 Å². The van der Waals surface area contributed by atoms with E-state index in [-0.39, 0.29) is 15.9 Å². The van der Waals surface area contributed by atoms with E-state index in [0.717, 1.165) is 12.5 Å². The monoisotopic (exact) mass is 287 g/mol. The van der Waals surface area contributed by atoms with Gasteiger partial charge in [0.2, 0.25) is 10.0 Å². The summed E-state index contributed by atoms with van der Waals surface area (Å²) in [5, 5.41) is 9.01. The third-order valence-electron chi connectivity index (χ3n) is 3.47. The molecule has 106 valence electrons. The average molecular weight is 287 g/mol. The molecule has 1 aromatic rings. The molecule has 1 aromatic carbocycles. The van der Waals surface area contributed by atoms with E-state index in [1.165, 1.54) is 16.4 Å². The Labute approximate surface area is 112 Å². The molecule has 0 amide bonds. The number of aliphatic hydroxyl groups is 1. The first kappa shape index (κ1) is 14.4. The van der Waals surface area contributed by atoms with E-state index in [0.29, 0.717) is 13.1 Å². The van der Waals surface area contributed by atoms with Gasteiger partial charge in [0.1, 0.15) is 5.82 Å². The third-order valence-corrected chi connectivity index (χ3v) is 5.31. The molecule has 0 aliphatic carbocycles. The lowest BCUT2D eigenvalue weighted by Crippen LogP contribution is -2.30. The summed E-state index contributed by atoms with van der Waals surface area (Å²) in [7, 11) is -3.60. The van der Waals surface area contributed by atoms with Gasteiger partial charge in [-0.3, -0.25) is 0 Å². The fourth-order valence-electron chi connectivity index (χ4n) is 2.25. The molecule has 1 aliphatic rings. The van der Waals surface area contributed by atoms with Crippen molar-refractivity contribution in [1.82, 2.24) is 4.31 Å². The van der Waals surface area contributed by atoms with Crippen molar-refractivity contribution in [3.05, 3.63) is 29.6 Å². The summed E-state index contributed by atoms with van der Waals surface area (Å²) < 4.78 is 39.6. The predicted molar refractivity (Wildman–Crippen MR) is 69.5 cm³/mol. The maximum atomic E-state index is 13.3. The van der Waals surface area contributed by atoms with Crippen molar-refractivity contribution in [3.63, 3.8) is 0 Å². The molecule has 1 fully saturated rings. The lowest BCUT2D eigenvalue weighted by molar-refractivity contribution is 0.275. The van der Waals surface area contributed by atoms with Crippen molar-refractivity contribution >= 4 is 10.0 Å². The third kappa shape index (κ3) is 2.80. The molecule has 0 saturated carbocycles. The van der Waals surface area contributed by atoms with Gasteiger partial charge in [-0.25, -0.2) is 12.8 Å². The Morgan fingerprint density at radius 2 is 2.11 bits per heavy atom. The Morgan fingerprint density at radius 3 is 2.63 bits per heavy atom. The highest BCUT2D eigenvalue weighted by molar-refractivity contribution is 7.89. The standard InChI is InChI=1S/C13H18FNO3S/c1-13(2)5-6-15(9-13)19(17,18)11-3-4-12(14)10(7-11)8-16/h3-4,7,16H,5-6,8-9H2,1-2H3. The van der Waals surface area contributed by atoms with Gasteiger partial charge in [0.15, 0.2) is 0 Å². The summed E-state index contributed by atoms with van der Waals surface area (Å²) in [4.78, 5) is 0.0376. The first-order chi connectivity index (χ1) is 8.76. The molecule has 0 spiro atoms. The minimum atomic E-state index is -3.60. The summed E-state index contributed by atoms with van der Waals surface area (Å²) in [6, 6.07) is 3.53. The Hall–Kier alpha value is -0.980. The number of aliphatic hydroxyl groups excluding tert-OH is 1. The van der Waals surface area contributed by atoms with Gasteiger partial charge >= 0.3 is 0 Å². The highest BCUT2D eigenvalue weighted by atomic mass is 32.2. The largest absolute Gasteiger partial charge is 0.392 e. The van der Waals surface area contributed by atoms with Crippen LogP contribution in [0.4, 0.5) is 4.39 Å². The Morgan fingerprint density at radius 1 is 1.42 bits per heavy atom. The van der Waals surface area contributed by atoms with E-state index in [2.05, 4.69) is 0 Å². The zero-order chi connectivity index (χ0) is 14.3. The van der Waals surface area contributed by atoms with E-state index >= 15 is 0 Å². The topological polar surface area (TPSA) is 57.6 Å². The van der Waals surface area contributed by atoms with Crippen LogP contribution in [0.15, 0.2) is 23.1 Å². The number of rotatable bonds is 3. The zero-order valence-corrected chi connectivity index (χ0v) is 11.9. The molecule has 1 saturated heterocycles. The van der Waals surface area contributed by atoms with Crippen LogP contribution in [0.3, 0.4) is 0 Å². The predicted octanol–water partition coefficient (Wildman–Crippen LogP) is 1.74. The van der Waals surface area contributed by atoms with Crippen molar-refractivity contribution in [3.8, 4) is 0 Å². The number of hydrogen-bond donors (Lipinski definition) is 1. The summed E-state index contributed by atoms with van der Waals surface area (Å²) >= 11 is 0. The molecule has 1 heterocycles. The van der Waals surface area contributed by atoms with Crippen molar-refractivity contribution in [2.45, 2.75) is 31.8 Å². The van der Waals surface area contributed by atoms with E-state index in [1.807, 2.05) is 13.8 Å². The Kier molecular flexibility index (Phi) is 3.68. The van der Waals surface area contributed by atoms with E-state index < -0.39 is 22.4 Å². The van der Waals surface area contributed by atoms with Gasteiger partial charge in [-0.1, -0.05) is 13.8 Å². The summed E-state index contributed by atoms with van der Waals surface area (Å²) in [6.45, 7) is 4.46. The SMILES string of the molecule is CC1(C)CCN(S(=O)(=O)c2ccc(F)c(CO)c2)C1. The number of sulfonamides is 1. The van der Waals surface area contributed by atoms with E-state index in [9.17, 15) is 12.8 Å². The second-order valence-corrected chi connectivity index (χ2v) is 7.60. The number of halogens is 1. The molecule has 0 aromatic heterocycles. The smallest absolute Gasteiger partial charge is 0.243 e. The first-order valence-electron chi connectivity index (χ1n) is 6.16. The fourth-order valence-corrected chi connectivity index (χ4v) is 3.93. The second-order valence-electron chi connectivity index (χ2n) is 5.66. The lowest BCUT2D eigenvalue weighted by Gasteiger charge is -2.20. The lowest BCUT2D eigenvalue weighted by atomic mass is 9.93. The molecule has 19 heavy (non-hydrogen) atoms. The minimum Gasteiger partial charge on any atom is -0.392 e. The second kappa shape index (κ2) is 4.85. The Balaban J connectivity index is 2.35. The van der Waals surface area contributed by atoms with Crippen LogP contribution in [0, 0.1) is 11.2 Å². The van der Waals surface area contributed by atoms with Gasteiger partial charge in [0.05, 0.1) is 11.5 Å². The molecular weight excluding hydrogens is 269 g/mol. The number of benzene rings is 1. The average Bonchev–Trinajstić information content (AvgIpc) is 2.70. The van der Waals surface area contributed by atoms with Crippen molar-refractivity contribution < 1.29 is 17.9 Å². The van der Waals surface area contributed by atoms with E-state index in [4.69, 9.17) is 5.11 Å². The summed E-state index contributed by atoms with van der Waals surface area (Å²) in [5.41, 5.74) is -0.0352. The van der Waals surface area contributed by atoms with Gasteiger partial charge in [-0.2, -0.15) is 4.31 Å². The molecule has 0 unspecified atom stereocenters. The van der Waals surface area contributed by atoms with Crippen LogP contribution in [0.5, 0.6) is 0 Å². The summed E-state index contributed by atoms with van der Waals surface area (Å²) in [6.07, 6.45) is 0.806. The van der Waals surface area contributed by atoms with Gasteiger partial charge in [0.25, 0.3) is 0 Å². The highest BCUT2D eigenvalue weighted by Crippen LogP contribution is 2.33. The molecular formula is C13H18FNO3S. The van der Waals surface area contributed by atoms with Crippen molar-refractivity contribution in [2.24, 2.45) is 5.41 Å². The molecule has 1 N–H and O–H groups in total. The molecule has 0 atom stereocenters. The number of nitrogens with zero attached hydrogens (tertiary/aromatic N) is 1. The van der Waals surface area contributed by atoms with Crippen LogP contribution in [0.1, 0.15) is 25.8 Å². The van der Waals surface area contributed by atoms with Crippen LogP contribution in [-0.2, 0) is 16.6 Å². The summed E-state index contributed by atoms with van der Waals surface area (Å²) in [5.74, 6) is -0.594. The van der Waals surface area contributed by atoms with Crippen molar-refractivity contribution in [1.29, 1.82) is 0 Å². The minimum absolute atomic E-state index is 0.000433. The molecule has 4 nitrogen and oxygen atoms in total. The maximum absolute atomic E-state index is 13.3. The quantitative estimate of drug-likeness (QED) is 0.921. The van der Waals surface area contributed by atoms with Crippen LogP contribution in [0.2, 0.25) is 0 Å². The maximum Gasteiger partial charge on any atom is 0.243 e. The molecule has 6 heteroatoms. The molecule has 0 bridgehead atoms. The highest BCUT2D eigenvalue weighted by Gasteiger charge is 2.36. The van der Waals surface area contributed by atoms with Crippen molar-refractivity contribution in [2.75, 3.05) is 13.1 Å².